The summed E-state index contributed by atoms with van der Waals surface area (Å²) in [4.78, 5) is 13.0. The summed E-state index contributed by atoms with van der Waals surface area (Å²) in [5, 5.41) is 10.2. The molecule has 128 valence electrons. The molecule has 1 aromatic carbocycles. The molecular weight excluding hydrogens is 304 g/mol. The third kappa shape index (κ3) is 4.66. The largest absolute Gasteiger partial charge is 0.491 e. The first-order valence-electron chi connectivity index (χ1n) is 8.32. The molecule has 0 radical (unpaired) electrons. The first kappa shape index (κ1) is 16.7. The van der Waals surface area contributed by atoms with E-state index in [0.717, 1.165) is 37.9 Å². The van der Waals surface area contributed by atoms with Crippen LogP contribution in [0.2, 0.25) is 0 Å². The maximum atomic E-state index is 10.2. The standard InChI is InChI=1S/C18H24N4O2/c1-15-3-5-17(6-4-15)24-14-16(23)13-21-9-11-22(12-10-21)18-19-7-2-8-20-18/h2-8,16,23H,9-14H2,1H3/t16-/m1/s1. The van der Waals surface area contributed by atoms with Crippen LogP contribution in [-0.2, 0) is 0 Å². The highest BCUT2D eigenvalue weighted by Crippen LogP contribution is 2.13. The van der Waals surface area contributed by atoms with Gasteiger partial charge < -0.3 is 14.7 Å². The van der Waals surface area contributed by atoms with Crippen LogP contribution in [0.25, 0.3) is 0 Å². The number of anilines is 1. The molecule has 6 heteroatoms. The molecule has 0 amide bonds. The SMILES string of the molecule is Cc1ccc(OC[C@H](O)CN2CCN(c3ncccn3)CC2)cc1. The van der Waals surface area contributed by atoms with E-state index in [0.29, 0.717) is 13.2 Å². The highest BCUT2D eigenvalue weighted by Gasteiger charge is 2.20. The summed E-state index contributed by atoms with van der Waals surface area (Å²) in [6.45, 7) is 6.49. The van der Waals surface area contributed by atoms with E-state index in [1.807, 2.05) is 37.3 Å². The average Bonchev–Trinajstić information content (AvgIpc) is 2.63. The number of aliphatic hydroxyl groups is 1. The summed E-state index contributed by atoms with van der Waals surface area (Å²) in [5.41, 5.74) is 1.20. The fraction of sp³-hybridized carbons (Fsp3) is 0.444. The van der Waals surface area contributed by atoms with E-state index in [2.05, 4.69) is 19.8 Å². The number of β-amino-alcohol motifs (C(OH)–C–C–N with tert-alkyl or cyclic N) is 1. The number of hydrogen-bond donors (Lipinski definition) is 1. The zero-order chi connectivity index (χ0) is 16.8. The Morgan fingerprint density at radius 3 is 2.42 bits per heavy atom. The first-order valence-corrected chi connectivity index (χ1v) is 8.32. The quantitative estimate of drug-likeness (QED) is 0.864. The Balaban J connectivity index is 1.40. The van der Waals surface area contributed by atoms with Gasteiger partial charge in [-0.15, -0.1) is 0 Å². The molecule has 3 rings (SSSR count). The minimum atomic E-state index is -0.495. The summed E-state index contributed by atoms with van der Waals surface area (Å²) in [6, 6.07) is 9.70. The van der Waals surface area contributed by atoms with E-state index in [-0.39, 0.29) is 0 Å². The Kier molecular flexibility index (Phi) is 5.61. The molecule has 1 aromatic heterocycles. The smallest absolute Gasteiger partial charge is 0.225 e. The number of aliphatic hydroxyl groups excluding tert-OH is 1. The molecule has 1 atom stereocenters. The lowest BCUT2D eigenvalue weighted by molar-refractivity contribution is 0.0662. The Hall–Kier alpha value is -2.18. The Morgan fingerprint density at radius 1 is 1.08 bits per heavy atom. The maximum absolute atomic E-state index is 10.2. The Bertz CT molecular complexity index is 613. The van der Waals surface area contributed by atoms with Gasteiger partial charge in [0.1, 0.15) is 18.5 Å². The Labute approximate surface area is 142 Å². The van der Waals surface area contributed by atoms with Gasteiger partial charge in [0.25, 0.3) is 0 Å². The monoisotopic (exact) mass is 328 g/mol. The molecular formula is C18H24N4O2. The van der Waals surface area contributed by atoms with Crippen LogP contribution < -0.4 is 9.64 Å². The van der Waals surface area contributed by atoms with Crippen LogP contribution >= 0.6 is 0 Å². The van der Waals surface area contributed by atoms with E-state index < -0.39 is 6.10 Å². The van der Waals surface area contributed by atoms with Crippen LogP contribution in [0.3, 0.4) is 0 Å². The first-order chi connectivity index (χ1) is 11.7. The second-order valence-corrected chi connectivity index (χ2v) is 6.11. The summed E-state index contributed by atoms with van der Waals surface area (Å²) >= 11 is 0. The molecule has 2 heterocycles. The molecule has 0 bridgehead atoms. The minimum Gasteiger partial charge on any atom is -0.491 e. The number of aromatic nitrogens is 2. The predicted molar refractivity (Wildman–Crippen MR) is 93.4 cm³/mol. The van der Waals surface area contributed by atoms with Crippen molar-refractivity contribution in [3.05, 3.63) is 48.3 Å². The average molecular weight is 328 g/mol. The van der Waals surface area contributed by atoms with Crippen molar-refractivity contribution >= 4 is 5.95 Å². The van der Waals surface area contributed by atoms with Crippen LogP contribution in [0, 0.1) is 6.92 Å². The molecule has 1 fully saturated rings. The zero-order valence-corrected chi connectivity index (χ0v) is 14.0. The van der Waals surface area contributed by atoms with Crippen molar-refractivity contribution in [2.45, 2.75) is 13.0 Å². The number of rotatable bonds is 6. The van der Waals surface area contributed by atoms with Gasteiger partial charge in [-0.2, -0.15) is 0 Å². The van der Waals surface area contributed by atoms with Crippen LogP contribution in [0.1, 0.15) is 5.56 Å². The number of piperazine rings is 1. The van der Waals surface area contributed by atoms with Crippen molar-refractivity contribution in [2.24, 2.45) is 0 Å². The highest BCUT2D eigenvalue weighted by molar-refractivity contribution is 5.29. The van der Waals surface area contributed by atoms with Crippen molar-refractivity contribution in [2.75, 3.05) is 44.2 Å². The van der Waals surface area contributed by atoms with Gasteiger partial charge in [-0.05, 0) is 25.1 Å². The molecule has 24 heavy (non-hydrogen) atoms. The molecule has 0 spiro atoms. The summed E-state index contributed by atoms with van der Waals surface area (Å²) in [7, 11) is 0. The Morgan fingerprint density at radius 2 is 1.75 bits per heavy atom. The van der Waals surface area contributed by atoms with Gasteiger partial charge in [-0.3, -0.25) is 4.90 Å². The number of nitrogens with zero attached hydrogens (tertiary/aromatic N) is 4. The van der Waals surface area contributed by atoms with E-state index >= 15 is 0 Å². The normalized spacial score (nSPS) is 16.8. The van der Waals surface area contributed by atoms with Crippen LogP contribution in [-0.4, -0.2) is 65.4 Å². The van der Waals surface area contributed by atoms with Crippen LogP contribution in [0.15, 0.2) is 42.7 Å². The zero-order valence-electron chi connectivity index (χ0n) is 14.0. The predicted octanol–water partition coefficient (Wildman–Crippen LogP) is 1.35. The third-order valence-electron chi connectivity index (χ3n) is 4.14. The molecule has 6 nitrogen and oxygen atoms in total. The fourth-order valence-electron chi connectivity index (χ4n) is 2.76. The molecule has 0 aliphatic carbocycles. The molecule has 1 aliphatic heterocycles. The molecule has 1 N–H and O–H groups in total. The van der Waals surface area contributed by atoms with E-state index in [1.165, 1.54) is 5.56 Å². The molecule has 1 aliphatic rings. The summed E-state index contributed by atoms with van der Waals surface area (Å²) in [5.74, 6) is 1.58. The number of ether oxygens (including phenoxy) is 1. The fourth-order valence-corrected chi connectivity index (χ4v) is 2.76. The van der Waals surface area contributed by atoms with Crippen molar-refractivity contribution in [3.8, 4) is 5.75 Å². The van der Waals surface area contributed by atoms with Crippen molar-refractivity contribution in [3.63, 3.8) is 0 Å². The van der Waals surface area contributed by atoms with Crippen molar-refractivity contribution in [1.29, 1.82) is 0 Å². The van der Waals surface area contributed by atoms with Gasteiger partial charge in [-0.25, -0.2) is 9.97 Å². The van der Waals surface area contributed by atoms with E-state index in [4.69, 9.17) is 4.74 Å². The van der Waals surface area contributed by atoms with Gasteiger partial charge in [-0.1, -0.05) is 17.7 Å². The van der Waals surface area contributed by atoms with Gasteiger partial charge >= 0.3 is 0 Å². The maximum Gasteiger partial charge on any atom is 0.225 e. The molecule has 1 saturated heterocycles. The number of aryl methyl sites for hydroxylation is 1. The number of benzene rings is 1. The molecule has 2 aromatic rings. The number of hydrogen-bond acceptors (Lipinski definition) is 6. The third-order valence-corrected chi connectivity index (χ3v) is 4.14. The van der Waals surface area contributed by atoms with Crippen LogP contribution in [0.5, 0.6) is 5.75 Å². The summed E-state index contributed by atoms with van der Waals surface area (Å²) in [6.07, 6.45) is 3.03. The van der Waals surface area contributed by atoms with Crippen molar-refractivity contribution in [1.82, 2.24) is 14.9 Å². The second-order valence-electron chi connectivity index (χ2n) is 6.11. The van der Waals surface area contributed by atoms with Gasteiger partial charge in [0.05, 0.1) is 0 Å². The van der Waals surface area contributed by atoms with E-state index in [1.54, 1.807) is 12.4 Å². The van der Waals surface area contributed by atoms with Gasteiger partial charge in [0.15, 0.2) is 0 Å². The molecule has 0 saturated carbocycles. The second kappa shape index (κ2) is 8.08. The minimum absolute atomic E-state index is 0.311. The van der Waals surface area contributed by atoms with Crippen LogP contribution in [0.4, 0.5) is 5.95 Å². The lowest BCUT2D eigenvalue weighted by Gasteiger charge is -2.35. The molecule has 0 unspecified atom stereocenters. The van der Waals surface area contributed by atoms with E-state index in [9.17, 15) is 5.11 Å². The topological polar surface area (TPSA) is 61.7 Å². The lowest BCUT2D eigenvalue weighted by Crippen LogP contribution is -2.49. The van der Waals surface area contributed by atoms with Gasteiger partial charge in [0.2, 0.25) is 5.95 Å². The van der Waals surface area contributed by atoms with Gasteiger partial charge in [0, 0.05) is 45.1 Å². The highest BCUT2D eigenvalue weighted by atomic mass is 16.5. The lowest BCUT2D eigenvalue weighted by atomic mass is 10.2. The summed E-state index contributed by atoms with van der Waals surface area (Å²) < 4.78 is 5.65. The van der Waals surface area contributed by atoms with Crippen molar-refractivity contribution < 1.29 is 9.84 Å².